The van der Waals surface area contributed by atoms with E-state index in [1.54, 1.807) is 6.07 Å². The Balaban J connectivity index is 0.000000980. The second kappa shape index (κ2) is 4.27. The number of para-hydroxylation sites is 1. The molecule has 2 rings (SSSR count). The van der Waals surface area contributed by atoms with E-state index in [4.69, 9.17) is 0 Å². The first-order valence-electron chi connectivity index (χ1n) is 3.83. The van der Waals surface area contributed by atoms with E-state index in [0.717, 1.165) is 10.9 Å². The van der Waals surface area contributed by atoms with E-state index in [2.05, 4.69) is 4.98 Å². The second-order valence-electron chi connectivity index (χ2n) is 2.70. The summed E-state index contributed by atoms with van der Waals surface area (Å²) in [4.78, 5) is 14.5. The Morgan fingerprint density at radius 2 is 2.00 bits per heavy atom. The molecule has 1 aromatic carbocycles. The number of pyridine rings is 1. The number of carbonyl (C=O) groups is 1. The number of nitrogens with zero attached hydrogens (tertiary/aromatic N) is 1. The number of aromatic nitrogens is 1. The molecule has 1 aromatic heterocycles. The molecule has 0 saturated carbocycles. The molecule has 0 amide bonds. The number of hydrogen-bond donors (Lipinski definition) is 0. The van der Waals surface area contributed by atoms with Gasteiger partial charge in [-0.3, -0.25) is 4.98 Å². The number of hydrogen-bond acceptors (Lipinski definition) is 3. The average Bonchev–Trinajstić information content (AvgIpc) is 2.17. The van der Waals surface area contributed by atoms with Gasteiger partial charge in [0.25, 0.3) is 0 Å². The predicted octanol–water partition coefficient (Wildman–Crippen LogP) is -2.40. The molecule has 0 aliphatic rings. The van der Waals surface area contributed by atoms with Gasteiger partial charge in [-0.1, -0.05) is 18.2 Å². The molecule has 0 spiro atoms. The topological polar surface area (TPSA) is 53.0 Å². The molecule has 0 aliphatic heterocycles. The van der Waals surface area contributed by atoms with Gasteiger partial charge in [0.2, 0.25) is 0 Å². The summed E-state index contributed by atoms with van der Waals surface area (Å²) in [5, 5.41) is 11.3. The molecule has 1 heterocycles. The van der Waals surface area contributed by atoms with Crippen LogP contribution in [0.2, 0.25) is 0 Å². The van der Waals surface area contributed by atoms with Crippen molar-refractivity contribution in [2.24, 2.45) is 0 Å². The molecule has 3 nitrogen and oxygen atoms in total. The van der Waals surface area contributed by atoms with Crippen molar-refractivity contribution in [1.29, 1.82) is 0 Å². The first-order valence-corrected chi connectivity index (χ1v) is 3.83. The van der Waals surface area contributed by atoms with E-state index in [0.29, 0.717) is 0 Å². The largest absolute Gasteiger partial charge is 1.00 e. The summed E-state index contributed by atoms with van der Waals surface area (Å²) in [7, 11) is 0. The van der Waals surface area contributed by atoms with Crippen molar-refractivity contribution in [3.63, 3.8) is 0 Å². The van der Waals surface area contributed by atoms with Gasteiger partial charge in [0, 0.05) is 17.1 Å². The summed E-state index contributed by atoms with van der Waals surface area (Å²) >= 11 is 0. The van der Waals surface area contributed by atoms with Crippen LogP contribution >= 0.6 is 0 Å². The number of carboxylic acid groups (broad SMARTS) is 1. The number of rotatable bonds is 1. The van der Waals surface area contributed by atoms with Crippen molar-refractivity contribution in [1.82, 2.24) is 4.98 Å². The van der Waals surface area contributed by atoms with Crippen LogP contribution in [0.3, 0.4) is 0 Å². The summed E-state index contributed by atoms with van der Waals surface area (Å²) in [5.41, 5.74) is 0.895. The van der Waals surface area contributed by atoms with Gasteiger partial charge in [0.05, 0.1) is 11.5 Å². The summed E-state index contributed by atoms with van der Waals surface area (Å²) in [6.45, 7) is 0. The van der Waals surface area contributed by atoms with Crippen molar-refractivity contribution in [2.75, 3.05) is 0 Å². The average molecular weight is 179 g/mol. The van der Waals surface area contributed by atoms with Crippen LogP contribution in [0.1, 0.15) is 10.4 Å². The van der Waals surface area contributed by atoms with E-state index < -0.39 is 5.97 Å². The van der Waals surface area contributed by atoms with Gasteiger partial charge in [-0.05, 0) is 12.1 Å². The van der Waals surface area contributed by atoms with Crippen LogP contribution in [0.5, 0.6) is 0 Å². The zero-order valence-electron chi connectivity index (χ0n) is 7.73. The SMILES string of the molecule is O=C([O-])c1cnc2ccccc2c1.[Li+]. The summed E-state index contributed by atoms with van der Waals surface area (Å²) in [6.07, 6.45) is 1.30. The fourth-order valence-corrected chi connectivity index (χ4v) is 1.18. The van der Waals surface area contributed by atoms with Crippen LogP contribution in [-0.4, -0.2) is 11.0 Å². The third kappa shape index (κ3) is 1.95. The molecular formula is C10H6LiNO2. The van der Waals surface area contributed by atoms with Gasteiger partial charge < -0.3 is 9.90 Å². The maximum Gasteiger partial charge on any atom is 1.00 e. The molecule has 2 aromatic rings. The maximum atomic E-state index is 10.5. The van der Waals surface area contributed by atoms with Crippen molar-refractivity contribution in [3.8, 4) is 0 Å². The molecule has 14 heavy (non-hydrogen) atoms. The Morgan fingerprint density at radius 3 is 2.71 bits per heavy atom. The van der Waals surface area contributed by atoms with Crippen LogP contribution in [0.15, 0.2) is 36.5 Å². The normalized spacial score (nSPS) is 9.43. The number of benzene rings is 1. The molecule has 0 bridgehead atoms. The molecule has 0 radical (unpaired) electrons. The fourth-order valence-electron chi connectivity index (χ4n) is 1.18. The first kappa shape index (κ1) is 10.8. The van der Waals surface area contributed by atoms with Gasteiger partial charge >= 0.3 is 18.9 Å². The monoisotopic (exact) mass is 179 g/mol. The van der Waals surface area contributed by atoms with E-state index in [-0.39, 0.29) is 24.4 Å². The van der Waals surface area contributed by atoms with E-state index in [9.17, 15) is 9.90 Å². The Morgan fingerprint density at radius 1 is 1.29 bits per heavy atom. The molecule has 64 valence electrons. The standard InChI is InChI=1S/C10H7NO2.Li/c12-10(13)8-5-7-3-1-2-4-9(7)11-6-8;/h1-6H,(H,12,13);/q;+1/p-1. The van der Waals surface area contributed by atoms with Crippen molar-refractivity contribution >= 4 is 16.9 Å². The van der Waals surface area contributed by atoms with Crippen molar-refractivity contribution < 1.29 is 28.8 Å². The Bertz CT molecular complexity index is 470. The minimum Gasteiger partial charge on any atom is -0.545 e. The van der Waals surface area contributed by atoms with E-state index in [1.807, 2.05) is 24.3 Å². The summed E-state index contributed by atoms with van der Waals surface area (Å²) in [6, 6.07) is 8.89. The zero-order chi connectivity index (χ0) is 9.26. The Labute approximate surface area is 93.0 Å². The van der Waals surface area contributed by atoms with Gasteiger partial charge in [0.1, 0.15) is 0 Å². The number of carbonyl (C=O) groups excluding carboxylic acids is 1. The zero-order valence-corrected chi connectivity index (χ0v) is 7.73. The Hall–Kier alpha value is -1.30. The van der Waals surface area contributed by atoms with Gasteiger partial charge in [-0.15, -0.1) is 0 Å². The number of carboxylic acids is 1. The smallest absolute Gasteiger partial charge is 0.545 e. The molecule has 0 N–H and O–H groups in total. The van der Waals surface area contributed by atoms with Crippen LogP contribution in [0.25, 0.3) is 10.9 Å². The third-order valence-electron chi connectivity index (χ3n) is 1.83. The minimum absolute atomic E-state index is 0. The van der Waals surface area contributed by atoms with E-state index in [1.165, 1.54) is 6.20 Å². The van der Waals surface area contributed by atoms with Gasteiger partial charge in [-0.25, -0.2) is 0 Å². The van der Waals surface area contributed by atoms with Crippen LogP contribution in [0.4, 0.5) is 0 Å². The molecule has 0 atom stereocenters. The fraction of sp³-hybridized carbons (Fsp3) is 0. The molecule has 0 fully saturated rings. The molecule has 0 aliphatic carbocycles. The third-order valence-corrected chi connectivity index (χ3v) is 1.83. The van der Waals surface area contributed by atoms with Crippen molar-refractivity contribution in [3.05, 3.63) is 42.1 Å². The molecule has 0 saturated heterocycles. The molecular weight excluding hydrogens is 173 g/mol. The van der Waals surface area contributed by atoms with Crippen molar-refractivity contribution in [2.45, 2.75) is 0 Å². The first-order chi connectivity index (χ1) is 6.27. The summed E-state index contributed by atoms with van der Waals surface area (Å²) in [5.74, 6) is -1.20. The number of aromatic carboxylic acids is 1. The van der Waals surface area contributed by atoms with Crippen LogP contribution < -0.4 is 24.0 Å². The van der Waals surface area contributed by atoms with Gasteiger partial charge in [-0.2, -0.15) is 0 Å². The van der Waals surface area contributed by atoms with Gasteiger partial charge in [0.15, 0.2) is 0 Å². The molecule has 0 unspecified atom stereocenters. The number of fused-ring (bicyclic) bond motifs is 1. The van der Waals surface area contributed by atoms with E-state index >= 15 is 0 Å². The quantitative estimate of drug-likeness (QED) is 0.459. The summed E-state index contributed by atoms with van der Waals surface area (Å²) < 4.78 is 0. The minimum atomic E-state index is -1.20. The van der Waals surface area contributed by atoms with Crippen LogP contribution in [0, 0.1) is 0 Å². The Kier molecular flexibility index (Phi) is 3.29. The second-order valence-corrected chi connectivity index (χ2v) is 2.70. The predicted molar refractivity (Wildman–Crippen MR) is 46.1 cm³/mol. The van der Waals surface area contributed by atoms with Crippen LogP contribution in [-0.2, 0) is 0 Å². The maximum absolute atomic E-state index is 10.5. The molecule has 4 heteroatoms.